The summed E-state index contributed by atoms with van der Waals surface area (Å²) in [6.45, 7) is 7.64. The van der Waals surface area contributed by atoms with Gasteiger partial charge >= 0.3 is 5.97 Å². The Morgan fingerprint density at radius 2 is 1.93 bits per heavy atom. The van der Waals surface area contributed by atoms with Crippen molar-refractivity contribution < 1.29 is 24.2 Å². The van der Waals surface area contributed by atoms with Crippen molar-refractivity contribution >= 4 is 17.5 Å². The molecule has 4 atom stereocenters. The lowest BCUT2D eigenvalue weighted by Gasteiger charge is -2.56. The number of esters is 1. The molecule has 0 heterocycles. The van der Waals surface area contributed by atoms with Gasteiger partial charge < -0.3 is 15.6 Å². The highest BCUT2D eigenvalue weighted by atomic mass is 16.6. The Labute approximate surface area is 159 Å². The topological polar surface area (TPSA) is 107 Å². The van der Waals surface area contributed by atoms with Crippen molar-refractivity contribution in [2.24, 2.45) is 22.5 Å². The highest BCUT2D eigenvalue weighted by Crippen LogP contribution is 2.60. The summed E-state index contributed by atoms with van der Waals surface area (Å²) in [7, 11) is 0. The summed E-state index contributed by atoms with van der Waals surface area (Å²) in [4.78, 5) is 37.4. The molecular formula is C21H27NO5. The lowest BCUT2D eigenvalue weighted by Crippen LogP contribution is -2.55. The molecule has 0 amide bonds. The van der Waals surface area contributed by atoms with Gasteiger partial charge in [-0.05, 0) is 48.8 Å². The first-order valence-corrected chi connectivity index (χ1v) is 9.29. The van der Waals surface area contributed by atoms with Crippen molar-refractivity contribution in [2.75, 3.05) is 6.54 Å². The van der Waals surface area contributed by atoms with E-state index >= 15 is 0 Å². The molecule has 4 unspecified atom stereocenters. The van der Waals surface area contributed by atoms with Crippen LogP contribution in [0.1, 0.15) is 40.5 Å². The molecule has 0 bridgehead atoms. The van der Waals surface area contributed by atoms with Crippen molar-refractivity contribution in [1.29, 1.82) is 0 Å². The minimum absolute atomic E-state index is 0.00326. The zero-order valence-corrected chi connectivity index (χ0v) is 16.2. The number of hydrogen-bond acceptors (Lipinski definition) is 6. The van der Waals surface area contributed by atoms with Gasteiger partial charge in [-0.25, -0.2) is 4.79 Å². The lowest BCUT2D eigenvalue weighted by molar-refractivity contribution is -0.168. The molecule has 0 aromatic carbocycles. The van der Waals surface area contributed by atoms with Gasteiger partial charge in [-0.15, -0.1) is 0 Å². The number of carbonyl (C=O) groups is 3. The first-order valence-electron chi connectivity index (χ1n) is 9.29. The molecule has 0 aromatic rings. The molecule has 0 saturated heterocycles. The lowest BCUT2D eigenvalue weighted by atomic mass is 9.48. The fourth-order valence-corrected chi connectivity index (χ4v) is 5.28. The first kappa shape index (κ1) is 19.7. The number of ether oxygens (including phenoxy) is 1. The standard InChI is InChI=1S/C21H27NO5/c1-11-5-8-16-20(2,3)17-12(13(23)6-7-14(17)24)9-21(16,4)18(11)27-19(26)15(25)10-22/h5-7,15-16,18,25H,8-10,22H2,1-4H3. The predicted octanol–water partition coefficient (Wildman–Crippen LogP) is 1.62. The van der Waals surface area contributed by atoms with Gasteiger partial charge in [-0.2, -0.15) is 0 Å². The molecule has 0 spiro atoms. The Hall–Kier alpha value is -2.05. The summed E-state index contributed by atoms with van der Waals surface area (Å²) in [5.74, 6) is -1.03. The van der Waals surface area contributed by atoms with E-state index in [1.54, 1.807) is 0 Å². The second-order valence-corrected chi connectivity index (χ2v) is 8.62. The zero-order valence-electron chi connectivity index (χ0n) is 16.2. The summed E-state index contributed by atoms with van der Waals surface area (Å²) in [6, 6.07) is 0. The Bertz CT molecular complexity index is 803. The highest BCUT2D eigenvalue weighted by Gasteiger charge is 2.58. The van der Waals surface area contributed by atoms with Gasteiger partial charge in [-0.1, -0.05) is 26.8 Å². The molecule has 3 rings (SSSR count). The molecule has 0 radical (unpaired) electrons. The average molecular weight is 373 g/mol. The summed E-state index contributed by atoms with van der Waals surface area (Å²) >= 11 is 0. The molecule has 27 heavy (non-hydrogen) atoms. The van der Waals surface area contributed by atoms with Crippen LogP contribution in [0.2, 0.25) is 0 Å². The van der Waals surface area contributed by atoms with E-state index in [9.17, 15) is 19.5 Å². The zero-order chi connectivity index (χ0) is 20.1. The maximum atomic E-state index is 12.6. The van der Waals surface area contributed by atoms with Crippen LogP contribution >= 0.6 is 0 Å². The summed E-state index contributed by atoms with van der Waals surface area (Å²) in [6.07, 6.45) is 3.81. The smallest absolute Gasteiger partial charge is 0.336 e. The number of nitrogens with two attached hydrogens (primary N) is 1. The van der Waals surface area contributed by atoms with E-state index in [1.807, 2.05) is 33.8 Å². The maximum absolute atomic E-state index is 12.6. The summed E-state index contributed by atoms with van der Waals surface area (Å²) in [5.41, 5.74) is 6.25. The van der Waals surface area contributed by atoms with E-state index in [0.29, 0.717) is 17.6 Å². The molecule has 0 aliphatic heterocycles. The van der Waals surface area contributed by atoms with Gasteiger partial charge in [0.15, 0.2) is 17.7 Å². The van der Waals surface area contributed by atoms with Gasteiger partial charge in [0.2, 0.25) is 0 Å². The number of aliphatic hydroxyl groups excluding tert-OH is 1. The second kappa shape index (κ2) is 6.53. The van der Waals surface area contributed by atoms with Crippen LogP contribution < -0.4 is 5.73 Å². The Morgan fingerprint density at radius 3 is 2.56 bits per heavy atom. The average Bonchev–Trinajstić information content (AvgIpc) is 2.59. The van der Waals surface area contributed by atoms with Gasteiger partial charge in [0.25, 0.3) is 0 Å². The van der Waals surface area contributed by atoms with Crippen LogP contribution in [0.15, 0.2) is 34.9 Å². The van der Waals surface area contributed by atoms with E-state index in [-0.39, 0.29) is 24.0 Å². The van der Waals surface area contributed by atoms with Crippen LogP contribution in [0.25, 0.3) is 0 Å². The molecule has 0 fully saturated rings. The molecule has 6 heteroatoms. The predicted molar refractivity (Wildman–Crippen MR) is 99.5 cm³/mol. The van der Waals surface area contributed by atoms with Crippen molar-refractivity contribution in [2.45, 2.75) is 52.7 Å². The molecule has 0 aromatic heterocycles. The third kappa shape index (κ3) is 2.91. The Morgan fingerprint density at radius 1 is 1.30 bits per heavy atom. The van der Waals surface area contributed by atoms with Crippen molar-refractivity contribution in [1.82, 2.24) is 0 Å². The van der Waals surface area contributed by atoms with Gasteiger partial charge in [0.05, 0.1) is 0 Å². The number of carbonyl (C=O) groups excluding carboxylic acids is 3. The van der Waals surface area contributed by atoms with Gasteiger partial charge in [0, 0.05) is 23.1 Å². The fraction of sp³-hybridized carbons (Fsp3) is 0.571. The van der Waals surface area contributed by atoms with E-state index in [0.717, 1.165) is 12.0 Å². The van der Waals surface area contributed by atoms with Crippen LogP contribution in [0.4, 0.5) is 0 Å². The third-order valence-electron chi connectivity index (χ3n) is 6.52. The second-order valence-electron chi connectivity index (χ2n) is 8.62. The van der Waals surface area contributed by atoms with Crippen LogP contribution in [0.3, 0.4) is 0 Å². The third-order valence-corrected chi connectivity index (χ3v) is 6.52. The van der Waals surface area contributed by atoms with E-state index < -0.39 is 29.0 Å². The number of rotatable bonds is 3. The number of allylic oxidation sites excluding steroid dienone is 5. The monoisotopic (exact) mass is 373 g/mol. The van der Waals surface area contributed by atoms with E-state index in [4.69, 9.17) is 10.5 Å². The number of fused-ring (bicyclic) bond motifs is 1. The van der Waals surface area contributed by atoms with Crippen molar-refractivity contribution in [3.63, 3.8) is 0 Å². The van der Waals surface area contributed by atoms with Crippen LogP contribution in [0, 0.1) is 16.7 Å². The van der Waals surface area contributed by atoms with Crippen molar-refractivity contribution in [3.8, 4) is 0 Å². The summed E-state index contributed by atoms with van der Waals surface area (Å²) in [5, 5.41) is 9.75. The first-order chi connectivity index (χ1) is 12.5. The fourth-order valence-electron chi connectivity index (χ4n) is 5.28. The Kier molecular flexibility index (Phi) is 4.77. The van der Waals surface area contributed by atoms with Gasteiger partial charge in [0.1, 0.15) is 6.10 Å². The molecule has 3 aliphatic carbocycles. The minimum Gasteiger partial charge on any atom is -0.455 e. The largest absolute Gasteiger partial charge is 0.455 e. The summed E-state index contributed by atoms with van der Waals surface area (Å²) < 4.78 is 5.69. The molecule has 6 nitrogen and oxygen atoms in total. The normalized spacial score (nSPS) is 33.2. The Balaban J connectivity index is 2.08. The SMILES string of the molecule is CC1=CCC2C(C)(C)C3=C(CC2(C)C1OC(=O)C(O)CN)C(=O)C=CC3=O. The number of ketones is 2. The van der Waals surface area contributed by atoms with Crippen LogP contribution in [-0.4, -0.2) is 41.4 Å². The maximum Gasteiger partial charge on any atom is 0.336 e. The number of hydrogen-bond donors (Lipinski definition) is 2. The molecule has 3 aliphatic rings. The molecule has 3 N–H and O–H groups in total. The molecule has 0 saturated carbocycles. The minimum atomic E-state index is -1.38. The van der Waals surface area contributed by atoms with E-state index in [2.05, 4.69) is 0 Å². The van der Waals surface area contributed by atoms with Gasteiger partial charge in [-0.3, -0.25) is 9.59 Å². The number of aliphatic hydroxyl groups is 1. The molecule has 146 valence electrons. The van der Waals surface area contributed by atoms with E-state index in [1.165, 1.54) is 12.2 Å². The van der Waals surface area contributed by atoms with Crippen molar-refractivity contribution in [3.05, 3.63) is 34.9 Å². The quantitative estimate of drug-likeness (QED) is 0.442. The molecular weight excluding hydrogens is 346 g/mol. The van der Waals surface area contributed by atoms with Crippen LogP contribution in [-0.2, 0) is 19.1 Å². The van der Waals surface area contributed by atoms with Crippen LogP contribution in [0.5, 0.6) is 0 Å². The highest BCUT2D eigenvalue weighted by molar-refractivity contribution is 6.21.